The maximum absolute atomic E-state index is 12.8. The van der Waals surface area contributed by atoms with Gasteiger partial charge in [0.1, 0.15) is 5.82 Å². The molecule has 142 valence electrons. The van der Waals surface area contributed by atoms with Crippen molar-refractivity contribution in [1.29, 1.82) is 0 Å². The number of pyridine rings is 1. The summed E-state index contributed by atoms with van der Waals surface area (Å²) in [6.07, 6.45) is 2.60. The number of hydrogen-bond acceptors (Lipinski definition) is 5. The van der Waals surface area contributed by atoms with E-state index in [1.54, 1.807) is 35.4 Å². The van der Waals surface area contributed by atoms with Crippen molar-refractivity contribution in [1.82, 2.24) is 15.2 Å². The van der Waals surface area contributed by atoms with Gasteiger partial charge in [-0.05, 0) is 30.2 Å². The largest absolute Gasteiger partial charge is 0.354 e. The van der Waals surface area contributed by atoms with E-state index in [0.717, 1.165) is 18.8 Å². The van der Waals surface area contributed by atoms with Crippen molar-refractivity contribution in [3.8, 4) is 0 Å². The van der Waals surface area contributed by atoms with Crippen LogP contribution < -0.4 is 10.2 Å². The van der Waals surface area contributed by atoms with Gasteiger partial charge in [-0.15, -0.1) is 0 Å². The molecule has 1 N–H and O–H groups in total. The second kappa shape index (κ2) is 7.19. The van der Waals surface area contributed by atoms with Crippen LogP contribution >= 0.6 is 0 Å². The molecule has 2 aliphatic rings. The fourth-order valence-corrected chi connectivity index (χ4v) is 5.13. The fraction of sp³-hybridized carbons (Fsp3) is 0.368. The fourth-order valence-electron chi connectivity index (χ4n) is 3.63. The molecule has 1 unspecified atom stereocenters. The van der Waals surface area contributed by atoms with Crippen LogP contribution in [-0.4, -0.2) is 55.8 Å². The summed E-state index contributed by atoms with van der Waals surface area (Å²) in [4.78, 5) is 21.2. The number of sulfone groups is 1. The molecular weight excluding hydrogens is 364 g/mol. The van der Waals surface area contributed by atoms with Gasteiger partial charge in [-0.25, -0.2) is 18.2 Å². The molecule has 7 nitrogen and oxygen atoms in total. The van der Waals surface area contributed by atoms with Gasteiger partial charge >= 0.3 is 6.03 Å². The van der Waals surface area contributed by atoms with Crippen LogP contribution in [0, 0.1) is 0 Å². The molecule has 0 bridgehead atoms. The number of fused-ring (bicyclic) bond motifs is 1. The van der Waals surface area contributed by atoms with Gasteiger partial charge in [-0.3, -0.25) is 0 Å². The van der Waals surface area contributed by atoms with Gasteiger partial charge < -0.3 is 15.1 Å². The molecule has 3 heterocycles. The van der Waals surface area contributed by atoms with Crippen molar-refractivity contribution in [2.24, 2.45) is 0 Å². The number of rotatable bonds is 2. The number of anilines is 1. The summed E-state index contributed by atoms with van der Waals surface area (Å²) in [5.74, 6) is 0.853. The summed E-state index contributed by atoms with van der Waals surface area (Å²) >= 11 is 0. The molecule has 27 heavy (non-hydrogen) atoms. The minimum absolute atomic E-state index is 0.0228. The summed E-state index contributed by atoms with van der Waals surface area (Å²) in [6.45, 7) is 2.03. The zero-order valence-corrected chi connectivity index (χ0v) is 15.7. The maximum Gasteiger partial charge on any atom is 0.318 e. The second-order valence-corrected chi connectivity index (χ2v) is 8.99. The summed E-state index contributed by atoms with van der Waals surface area (Å²) in [5, 5.41) is 3.06. The molecule has 4 rings (SSSR count). The Morgan fingerprint density at radius 2 is 1.93 bits per heavy atom. The third-order valence-electron chi connectivity index (χ3n) is 5.08. The van der Waals surface area contributed by atoms with Crippen molar-refractivity contribution in [2.45, 2.75) is 23.9 Å². The van der Waals surface area contributed by atoms with Gasteiger partial charge in [-0.2, -0.15) is 0 Å². The first-order chi connectivity index (χ1) is 13.0. The third-order valence-corrected chi connectivity index (χ3v) is 6.86. The second-order valence-electron chi connectivity index (χ2n) is 6.92. The number of carbonyl (C=O) groups is 1. The predicted molar refractivity (Wildman–Crippen MR) is 102 cm³/mol. The maximum atomic E-state index is 12.8. The number of hydrogen-bond donors (Lipinski definition) is 1. The van der Waals surface area contributed by atoms with Gasteiger partial charge in [0.25, 0.3) is 0 Å². The van der Waals surface area contributed by atoms with Crippen LogP contribution in [0.2, 0.25) is 0 Å². The van der Waals surface area contributed by atoms with Crippen LogP contribution in [0.15, 0.2) is 53.6 Å². The minimum Gasteiger partial charge on any atom is -0.354 e. The standard InChI is InChI=1S/C19H22N4O3S/c24-19(21-16-8-10-22(14-16)18-7-3-4-9-20-18)23-11-12-27(25,26)17-6-2-1-5-15(17)13-23/h1-7,9,16H,8,10-14H2,(H,21,24). The lowest BCUT2D eigenvalue weighted by Crippen LogP contribution is -2.46. The SMILES string of the molecule is O=C(NC1CCN(c2ccccn2)C1)N1CCS(=O)(=O)c2ccccc2C1. The van der Waals surface area contributed by atoms with E-state index in [2.05, 4.69) is 15.2 Å². The summed E-state index contributed by atoms with van der Waals surface area (Å²) in [7, 11) is -3.36. The van der Waals surface area contributed by atoms with E-state index in [9.17, 15) is 13.2 Å². The number of amides is 2. The number of carbonyl (C=O) groups excluding carboxylic acids is 1. The van der Waals surface area contributed by atoms with E-state index >= 15 is 0 Å². The molecule has 1 aromatic carbocycles. The predicted octanol–water partition coefficient (Wildman–Crippen LogP) is 1.66. The lowest BCUT2D eigenvalue weighted by atomic mass is 10.2. The highest BCUT2D eigenvalue weighted by molar-refractivity contribution is 7.91. The smallest absolute Gasteiger partial charge is 0.318 e. The van der Waals surface area contributed by atoms with Gasteiger partial charge in [0.2, 0.25) is 0 Å². The number of nitrogens with one attached hydrogen (secondary N) is 1. The van der Waals surface area contributed by atoms with Crippen LogP contribution in [0.3, 0.4) is 0 Å². The summed E-state index contributed by atoms with van der Waals surface area (Å²) in [6, 6.07) is 12.5. The molecule has 2 amide bonds. The molecular formula is C19H22N4O3S. The molecule has 8 heteroatoms. The Bertz CT molecular complexity index is 933. The van der Waals surface area contributed by atoms with E-state index in [-0.39, 0.29) is 24.4 Å². The van der Waals surface area contributed by atoms with Gasteiger partial charge in [0.05, 0.1) is 10.6 Å². The van der Waals surface area contributed by atoms with Crippen molar-refractivity contribution >= 4 is 21.7 Å². The molecule has 0 saturated carbocycles. The Hall–Kier alpha value is -2.61. The Labute approximate surface area is 158 Å². The molecule has 0 spiro atoms. The molecule has 2 aromatic rings. The average molecular weight is 386 g/mol. The molecule has 2 aliphatic heterocycles. The van der Waals surface area contributed by atoms with Crippen LogP contribution in [-0.2, 0) is 16.4 Å². The molecule has 0 aliphatic carbocycles. The Kier molecular flexibility index (Phi) is 4.73. The summed E-state index contributed by atoms with van der Waals surface area (Å²) < 4.78 is 24.9. The van der Waals surface area contributed by atoms with E-state index in [1.807, 2.05) is 18.2 Å². The number of urea groups is 1. The Morgan fingerprint density at radius 3 is 2.74 bits per heavy atom. The monoisotopic (exact) mass is 386 g/mol. The molecule has 1 aromatic heterocycles. The van der Waals surface area contributed by atoms with Gasteiger partial charge in [-0.1, -0.05) is 24.3 Å². The number of nitrogens with zero attached hydrogens (tertiary/aromatic N) is 3. The molecule has 1 fully saturated rings. The van der Waals surface area contributed by atoms with Crippen molar-refractivity contribution in [3.05, 3.63) is 54.2 Å². The van der Waals surface area contributed by atoms with E-state index in [0.29, 0.717) is 23.5 Å². The van der Waals surface area contributed by atoms with Crippen molar-refractivity contribution in [2.75, 3.05) is 30.3 Å². The lowest BCUT2D eigenvalue weighted by Gasteiger charge is -2.24. The van der Waals surface area contributed by atoms with Crippen LogP contribution in [0.25, 0.3) is 0 Å². The van der Waals surface area contributed by atoms with E-state index in [4.69, 9.17) is 0 Å². The third kappa shape index (κ3) is 3.75. The van der Waals surface area contributed by atoms with Crippen molar-refractivity contribution in [3.63, 3.8) is 0 Å². The average Bonchev–Trinajstić information content (AvgIpc) is 3.09. The van der Waals surface area contributed by atoms with Crippen molar-refractivity contribution < 1.29 is 13.2 Å². The Balaban J connectivity index is 1.42. The first-order valence-electron chi connectivity index (χ1n) is 9.05. The van der Waals surface area contributed by atoms with Gasteiger partial charge in [0.15, 0.2) is 9.84 Å². The Morgan fingerprint density at radius 1 is 1.11 bits per heavy atom. The normalized spacial score (nSPS) is 21.4. The highest BCUT2D eigenvalue weighted by Crippen LogP contribution is 2.23. The zero-order valence-electron chi connectivity index (χ0n) is 14.9. The highest BCUT2D eigenvalue weighted by atomic mass is 32.2. The number of aromatic nitrogens is 1. The molecule has 0 radical (unpaired) electrons. The van der Waals surface area contributed by atoms with E-state index in [1.165, 1.54) is 0 Å². The first kappa shape index (κ1) is 17.8. The van der Waals surface area contributed by atoms with Crippen LogP contribution in [0.1, 0.15) is 12.0 Å². The summed E-state index contributed by atoms with van der Waals surface area (Å²) in [5.41, 5.74) is 0.673. The van der Waals surface area contributed by atoms with Crippen LogP contribution in [0.4, 0.5) is 10.6 Å². The number of benzene rings is 1. The first-order valence-corrected chi connectivity index (χ1v) is 10.7. The quantitative estimate of drug-likeness (QED) is 0.849. The topological polar surface area (TPSA) is 82.6 Å². The highest BCUT2D eigenvalue weighted by Gasteiger charge is 2.30. The molecule has 1 saturated heterocycles. The zero-order chi connectivity index (χ0) is 18.9. The van der Waals surface area contributed by atoms with Gasteiger partial charge in [0, 0.05) is 38.4 Å². The lowest BCUT2D eigenvalue weighted by molar-refractivity contribution is 0.195. The minimum atomic E-state index is -3.36. The van der Waals surface area contributed by atoms with E-state index < -0.39 is 9.84 Å². The molecule has 1 atom stereocenters. The van der Waals surface area contributed by atoms with Crippen LogP contribution in [0.5, 0.6) is 0 Å².